The largest absolute Gasteiger partial charge is 0.454 e. The minimum absolute atomic E-state index is 0.156. The average molecular weight is 350 g/mol. The molecule has 1 heterocycles. The first-order valence-electron chi connectivity index (χ1n) is 7.25. The number of urea groups is 1. The van der Waals surface area contributed by atoms with Crippen molar-refractivity contribution >= 4 is 29.4 Å². The summed E-state index contributed by atoms with van der Waals surface area (Å²) in [4.78, 5) is 24.1. The maximum atomic E-state index is 12.1. The van der Waals surface area contributed by atoms with E-state index in [1.54, 1.807) is 18.2 Å². The number of hydrogen-bond donors (Lipinski definition) is 3. The summed E-state index contributed by atoms with van der Waals surface area (Å²) in [5, 5.41) is 16.4. The number of amides is 3. The summed E-state index contributed by atoms with van der Waals surface area (Å²) >= 11 is 1.44. The van der Waals surface area contributed by atoms with Crippen LogP contribution in [-0.4, -0.2) is 43.3 Å². The van der Waals surface area contributed by atoms with Crippen molar-refractivity contribution in [1.82, 2.24) is 10.6 Å². The second kappa shape index (κ2) is 8.88. The highest BCUT2D eigenvalue weighted by Crippen LogP contribution is 2.34. The van der Waals surface area contributed by atoms with Crippen molar-refractivity contribution in [2.45, 2.75) is 12.5 Å². The second-order valence-electron chi connectivity index (χ2n) is 4.87. The predicted octanol–water partition coefficient (Wildman–Crippen LogP) is 1.30. The van der Waals surface area contributed by atoms with E-state index in [9.17, 15) is 9.59 Å². The Kier molecular flexibility index (Phi) is 6.57. The number of thioether (sulfide) groups is 1. The van der Waals surface area contributed by atoms with Crippen molar-refractivity contribution < 1.29 is 19.1 Å². The van der Waals surface area contributed by atoms with Gasteiger partial charge in [0, 0.05) is 24.1 Å². The van der Waals surface area contributed by atoms with E-state index in [4.69, 9.17) is 14.7 Å². The van der Waals surface area contributed by atoms with Crippen LogP contribution in [0.25, 0.3) is 0 Å². The van der Waals surface area contributed by atoms with E-state index in [0.29, 0.717) is 22.9 Å². The van der Waals surface area contributed by atoms with Gasteiger partial charge in [0.1, 0.15) is 6.04 Å². The van der Waals surface area contributed by atoms with Gasteiger partial charge in [0.2, 0.25) is 12.7 Å². The van der Waals surface area contributed by atoms with Crippen molar-refractivity contribution in [3.8, 4) is 17.6 Å². The molecule has 0 saturated carbocycles. The van der Waals surface area contributed by atoms with E-state index >= 15 is 0 Å². The smallest absolute Gasteiger partial charge is 0.319 e. The Morgan fingerprint density at radius 3 is 2.92 bits per heavy atom. The molecule has 0 aromatic heterocycles. The van der Waals surface area contributed by atoms with E-state index in [2.05, 4.69) is 16.0 Å². The Labute approximate surface area is 143 Å². The van der Waals surface area contributed by atoms with Gasteiger partial charge in [0.25, 0.3) is 0 Å². The van der Waals surface area contributed by atoms with Crippen molar-refractivity contribution in [2.24, 2.45) is 0 Å². The zero-order chi connectivity index (χ0) is 17.4. The number of nitrogens with one attached hydrogen (secondary N) is 3. The van der Waals surface area contributed by atoms with Gasteiger partial charge in [-0.3, -0.25) is 4.79 Å². The van der Waals surface area contributed by atoms with Crippen LogP contribution in [0.4, 0.5) is 10.5 Å². The van der Waals surface area contributed by atoms with Gasteiger partial charge in [0.15, 0.2) is 11.5 Å². The SMILES string of the molecule is CSCC(NC(=O)Nc1ccc2c(c1)OCO2)C(=O)NCCC#N. The third-order valence-corrected chi connectivity index (χ3v) is 3.79. The molecule has 3 amide bonds. The Bertz CT molecular complexity index is 647. The first-order chi connectivity index (χ1) is 11.6. The molecule has 1 aromatic rings. The van der Waals surface area contributed by atoms with Crippen LogP contribution in [0.15, 0.2) is 18.2 Å². The van der Waals surface area contributed by atoms with E-state index in [1.165, 1.54) is 11.8 Å². The molecule has 3 N–H and O–H groups in total. The van der Waals surface area contributed by atoms with E-state index in [-0.39, 0.29) is 25.7 Å². The Hall–Kier alpha value is -2.60. The van der Waals surface area contributed by atoms with Gasteiger partial charge in [0.05, 0.1) is 12.5 Å². The lowest BCUT2D eigenvalue weighted by Crippen LogP contribution is -2.49. The zero-order valence-corrected chi connectivity index (χ0v) is 13.9. The van der Waals surface area contributed by atoms with E-state index in [0.717, 1.165) is 0 Å². The van der Waals surface area contributed by atoms with Crippen LogP contribution >= 0.6 is 11.8 Å². The van der Waals surface area contributed by atoms with Crippen LogP contribution in [0, 0.1) is 11.3 Å². The molecule has 1 aromatic carbocycles. The highest BCUT2D eigenvalue weighted by molar-refractivity contribution is 7.98. The van der Waals surface area contributed by atoms with Crippen molar-refractivity contribution in [2.75, 3.05) is 30.7 Å². The monoisotopic (exact) mass is 350 g/mol. The number of rotatable bonds is 7. The molecule has 1 unspecified atom stereocenters. The molecule has 1 aliphatic rings. The fraction of sp³-hybridized carbons (Fsp3) is 0.400. The molecule has 24 heavy (non-hydrogen) atoms. The van der Waals surface area contributed by atoms with Gasteiger partial charge in [-0.1, -0.05) is 0 Å². The predicted molar refractivity (Wildman–Crippen MR) is 90.1 cm³/mol. The fourth-order valence-electron chi connectivity index (χ4n) is 2.01. The maximum absolute atomic E-state index is 12.1. The number of carbonyl (C=O) groups excluding carboxylic acids is 2. The maximum Gasteiger partial charge on any atom is 0.319 e. The number of hydrogen-bond acceptors (Lipinski definition) is 6. The number of carbonyl (C=O) groups is 2. The van der Waals surface area contributed by atoms with Gasteiger partial charge in [-0.2, -0.15) is 17.0 Å². The third-order valence-electron chi connectivity index (χ3n) is 3.12. The second-order valence-corrected chi connectivity index (χ2v) is 5.78. The average Bonchev–Trinajstić information content (AvgIpc) is 3.02. The number of nitrogens with zero attached hydrogens (tertiary/aromatic N) is 1. The lowest BCUT2D eigenvalue weighted by molar-refractivity contribution is -0.122. The minimum Gasteiger partial charge on any atom is -0.454 e. The zero-order valence-electron chi connectivity index (χ0n) is 13.1. The highest BCUT2D eigenvalue weighted by atomic mass is 32.2. The number of nitriles is 1. The lowest BCUT2D eigenvalue weighted by atomic mass is 10.2. The van der Waals surface area contributed by atoms with Crippen LogP contribution in [0.1, 0.15) is 6.42 Å². The summed E-state index contributed by atoms with van der Waals surface area (Å²) in [5.41, 5.74) is 0.532. The quantitative estimate of drug-likeness (QED) is 0.639. The topological polar surface area (TPSA) is 112 Å². The number of anilines is 1. The molecule has 8 nitrogen and oxygen atoms in total. The van der Waals surface area contributed by atoms with Crippen LogP contribution in [0.5, 0.6) is 11.5 Å². The van der Waals surface area contributed by atoms with Crippen molar-refractivity contribution in [3.05, 3.63) is 18.2 Å². The molecular weight excluding hydrogens is 332 g/mol. The summed E-state index contributed by atoms with van der Waals surface area (Å²) in [5.74, 6) is 1.29. The molecule has 1 aliphatic heterocycles. The Balaban J connectivity index is 1.90. The highest BCUT2D eigenvalue weighted by Gasteiger charge is 2.20. The lowest BCUT2D eigenvalue weighted by Gasteiger charge is -2.17. The summed E-state index contributed by atoms with van der Waals surface area (Å²) in [7, 11) is 0. The number of fused-ring (bicyclic) bond motifs is 1. The van der Waals surface area contributed by atoms with Crippen molar-refractivity contribution in [3.63, 3.8) is 0 Å². The molecule has 128 valence electrons. The van der Waals surface area contributed by atoms with Crippen LogP contribution in [0.3, 0.4) is 0 Å². The molecule has 2 rings (SSSR count). The van der Waals surface area contributed by atoms with E-state index in [1.807, 2.05) is 12.3 Å². The fourth-order valence-corrected chi connectivity index (χ4v) is 2.58. The molecule has 0 saturated heterocycles. The minimum atomic E-state index is -0.687. The third kappa shape index (κ3) is 4.96. The van der Waals surface area contributed by atoms with Gasteiger partial charge in [-0.25, -0.2) is 4.79 Å². The molecule has 9 heteroatoms. The summed E-state index contributed by atoms with van der Waals surface area (Å²) in [6, 6.07) is 5.80. The van der Waals surface area contributed by atoms with Crippen LogP contribution in [0.2, 0.25) is 0 Å². The summed E-state index contributed by atoms with van der Waals surface area (Å²) in [6.07, 6.45) is 2.06. The first kappa shape index (κ1) is 17.7. The normalized spacial score (nSPS) is 12.8. The van der Waals surface area contributed by atoms with Gasteiger partial charge < -0.3 is 25.4 Å². The Morgan fingerprint density at radius 2 is 2.17 bits per heavy atom. The standard InChI is InChI=1S/C15H18N4O4S/c1-24-8-11(14(20)17-6-2-5-16)19-15(21)18-10-3-4-12-13(7-10)23-9-22-12/h3-4,7,11H,2,6,8-9H2,1H3,(H,17,20)(H2,18,19,21). The van der Waals surface area contributed by atoms with Gasteiger partial charge in [-0.15, -0.1) is 0 Å². The van der Waals surface area contributed by atoms with Gasteiger partial charge >= 0.3 is 6.03 Å². The van der Waals surface area contributed by atoms with Crippen molar-refractivity contribution in [1.29, 1.82) is 5.26 Å². The molecule has 0 spiro atoms. The number of ether oxygens (including phenoxy) is 2. The van der Waals surface area contributed by atoms with Gasteiger partial charge in [-0.05, 0) is 18.4 Å². The molecule has 0 aliphatic carbocycles. The Morgan fingerprint density at radius 1 is 1.38 bits per heavy atom. The van der Waals surface area contributed by atoms with Crippen LogP contribution < -0.4 is 25.4 Å². The first-order valence-corrected chi connectivity index (χ1v) is 8.64. The van der Waals surface area contributed by atoms with Crippen LogP contribution in [-0.2, 0) is 4.79 Å². The molecular formula is C15H18N4O4S. The molecule has 0 fully saturated rings. The molecule has 0 bridgehead atoms. The molecule has 1 atom stereocenters. The summed E-state index contributed by atoms with van der Waals surface area (Å²) in [6.45, 7) is 0.412. The molecule has 0 radical (unpaired) electrons. The number of benzene rings is 1. The van der Waals surface area contributed by atoms with E-state index < -0.39 is 12.1 Å². The summed E-state index contributed by atoms with van der Waals surface area (Å²) < 4.78 is 10.4.